The summed E-state index contributed by atoms with van der Waals surface area (Å²) in [5.41, 5.74) is 5.48. The number of fused-ring (bicyclic) bond motifs is 4. The Labute approximate surface area is 162 Å². The Hall–Kier alpha value is -2.73. The van der Waals surface area contributed by atoms with Crippen molar-refractivity contribution in [3.63, 3.8) is 0 Å². The van der Waals surface area contributed by atoms with Crippen molar-refractivity contribution in [1.29, 1.82) is 0 Å². The molecule has 0 spiro atoms. The Balaban J connectivity index is 1.45. The second-order valence-corrected chi connectivity index (χ2v) is 7.64. The summed E-state index contributed by atoms with van der Waals surface area (Å²) in [6, 6.07) is 14.6. The van der Waals surface area contributed by atoms with Gasteiger partial charge in [0, 0.05) is 22.6 Å². The highest BCUT2D eigenvalue weighted by molar-refractivity contribution is 7.80. The summed E-state index contributed by atoms with van der Waals surface area (Å²) in [6.07, 6.45) is 6.31. The van der Waals surface area contributed by atoms with Gasteiger partial charge in [0.25, 0.3) is 0 Å². The number of hydrogen-bond acceptors (Lipinski definition) is 3. The van der Waals surface area contributed by atoms with Crippen molar-refractivity contribution in [3.05, 3.63) is 42.5 Å². The van der Waals surface area contributed by atoms with Gasteiger partial charge in [-0.1, -0.05) is 31.4 Å². The van der Waals surface area contributed by atoms with Crippen molar-refractivity contribution in [1.82, 2.24) is 20.3 Å². The van der Waals surface area contributed by atoms with E-state index in [1.54, 1.807) is 0 Å². The Morgan fingerprint density at radius 1 is 1.00 bits per heavy atom. The molecular formula is C21H21N5S. The van der Waals surface area contributed by atoms with Crippen LogP contribution >= 0.6 is 12.2 Å². The van der Waals surface area contributed by atoms with E-state index < -0.39 is 0 Å². The molecule has 0 unspecified atom stereocenters. The average Bonchev–Trinajstić information content (AvgIpc) is 3.04. The van der Waals surface area contributed by atoms with Crippen molar-refractivity contribution >= 4 is 56.1 Å². The lowest BCUT2D eigenvalue weighted by molar-refractivity contribution is 0.415. The van der Waals surface area contributed by atoms with E-state index in [1.165, 1.54) is 32.1 Å². The summed E-state index contributed by atoms with van der Waals surface area (Å²) in [7, 11) is 0. The molecule has 5 nitrogen and oxygen atoms in total. The van der Waals surface area contributed by atoms with Crippen LogP contribution in [0.15, 0.2) is 42.5 Å². The van der Waals surface area contributed by atoms with Crippen molar-refractivity contribution in [2.24, 2.45) is 0 Å². The smallest absolute Gasteiger partial charge is 0.170 e. The minimum Gasteiger partial charge on any atom is -0.360 e. The Bertz CT molecular complexity index is 1140. The SMILES string of the molecule is S=C(Nc1ccc2[nH]c3nc4ccccc4nc3c2c1)NC1CCCCC1. The van der Waals surface area contributed by atoms with E-state index in [2.05, 4.69) is 27.8 Å². The monoisotopic (exact) mass is 375 g/mol. The summed E-state index contributed by atoms with van der Waals surface area (Å²) >= 11 is 5.52. The third-order valence-electron chi connectivity index (χ3n) is 5.30. The number of hydrogen-bond donors (Lipinski definition) is 3. The number of anilines is 1. The van der Waals surface area contributed by atoms with Gasteiger partial charge in [-0.2, -0.15) is 0 Å². The molecule has 2 aromatic carbocycles. The Morgan fingerprint density at radius 2 is 1.78 bits per heavy atom. The maximum atomic E-state index is 5.52. The molecule has 3 N–H and O–H groups in total. The molecule has 4 aromatic rings. The van der Waals surface area contributed by atoms with E-state index in [1.807, 2.05) is 30.3 Å². The first-order valence-electron chi connectivity index (χ1n) is 9.52. The highest BCUT2D eigenvalue weighted by atomic mass is 32.1. The lowest BCUT2D eigenvalue weighted by atomic mass is 9.96. The Morgan fingerprint density at radius 3 is 2.59 bits per heavy atom. The average molecular weight is 376 g/mol. The van der Waals surface area contributed by atoms with Gasteiger partial charge in [-0.05, 0) is 55.4 Å². The molecule has 1 fully saturated rings. The first-order chi connectivity index (χ1) is 13.3. The summed E-state index contributed by atoms with van der Waals surface area (Å²) in [5.74, 6) is 0. The van der Waals surface area contributed by atoms with E-state index in [-0.39, 0.29) is 0 Å². The number of H-pyrrole nitrogens is 1. The largest absolute Gasteiger partial charge is 0.360 e. The van der Waals surface area contributed by atoms with Gasteiger partial charge >= 0.3 is 0 Å². The van der Waals surface area contributed by atoms with Crippen LogP contribution in [-0.4, -0.2) is 26.1 Å². The molecule has 27 heavy (non-hydrogen) atoms. The van der Waals surface area contributed by atoms with E-state index >= 15 is 0 Å². The molecule has 1 aliphatic rings. The zero-order valence-electron chi connectivity index (χ0n) is 15.0. The molecule has 0 aliphatic heterocycles. The number of aromatic nitrogens is 3. The fourth-order valence-electron chi connectivity index (χ4n) is 3.93. The fourth-order valence-corrected chi connectivity index (χ4v) is 4.21. The van der Waals surface area contributed by atoms with E-state index in [0.717, 1.165) is 38.8 Å². The molecule has 1 saturated carbocycles. The summed E-state index contributed by atoms with van der Waals surface area (Å²) < 4.78 is 0. The van der Waals surface area contributed by atoms with Gasteiger partial charge in [0.2, 0.25) is 0 Å². The highest BCUT2D eigenvalue weighted by Crippen LogP contribution is 2.27. The molecule has 2 aromatic heterocycles. The molecule has 2 heterocycles. The maximum absolute atomic E-state index is 5.52. The zero-order chi connectivity index (χ0) is 18.2. The third kappa shape index (κ3) is 3.21. The van der Waals surface area contributed by atoms with Gasteiger partial charge in [-0.3, -0.25) is 0 Å². The number of thiocarbonyl (C=S) groups is 1. The van der Waals surface area contributed by atoms with Crippen LogP contribution in [0.1, 0.15) is 32.1 Å². The van der Waals surface area contributed by atoms with E-state index in [0.29, 0.717) is 11.2 Å². The van der Waals surface area contributed by atoms with Crippen LogP contribution in [0.5, 0.6) is 0 Å². The first-order valence-corrected chi connectivity index (χ1v) is 9.93. The summed E-state index contributed by atoms with van der Waals surface area (Å²) in [5, 5.41) is 8.53. The zero-order valence-corrected chi connectivity index (χ0v) is 15.8. The molecule has 1 aliphatic carbocycles. The van der Waals surface area contributed by atoms with Gasteiger partial charge in [0.1, 0.15) is 5.52 Å². The van der Waals surface area contributed by atoms with Crippen molar-refractivity contribution in [2.45, 2.75) is 38.1 Å². The number of para-hydroxylation sites is 2. The lowest BCUT2D eigenvalue weighted by Gasteiger charge is -2.24. The molecule has 0 saturated heterocycles. The minimum atomic E-state index is 0.493. The second kappa shape index (κ2) is 6.78. The van der Waals surface area contributed by atoms with Crippen molar-refractivity contribution in [3.8, 4) is 0 Å². The summed E-state index contributed by atoms with van der Waals surface area (Å²) in [6.45, 7) is 0. The topological polar surface area (TPSA) is 65.6 Å². The lowest BCUT2D eigenvalue weighted by Crippen LogP contribution is -2.38. The molecule has 6 heteroatoms. The van der Waals surface area contributed by atoms with Gasteiger partial charge in [0.05, 0.1) is 11.0 Å². The molecule has 0 bridgehead atoms. The predicted molar refractivity (Wildman–Crippen MR) is 115 cm³/mol. The highest BCUT2D eigenvalue weighted by Gasteiger charge is 2.14. The van der Waals surface area contributed by atoms with Crippen LogP contribution in [-0.2, 0) is 0 Å². The standard InChI is InChI=1S/C21H21N5S/c27-21(22-13-6-2-1-3-7-13)23-14-10-11-16-15(12-14)19-20(25-16)26-18-9-5-4-8-17(18)24-19/h4-5,8-13H,1-3,6-7H2,(H,25,26)(H2,22,23,27). The Kier molecular flexibility index (Phi) is 4.13. The molecule has 136 valence electrons. The number of benzene rings is 2. The predicted octanol–water partition coefficient (Wildman–Crippen LogP) is 4.88. The number of aromatic amines is 1. The van der Waals surface area contributed by atoms with Crippen LogP contribution in [0.2, 0.25) is 0 Å². The van der Waals surface area contributed by atoms with E-state index in [9.17, 15) is 0 Å². The third-order valence-corrected chi connectivity index (χ3v) is 5.52. The number of nitrogens with one attached hydrogen (secondary N) is 3. The van der Waals surface area contributed by atoms with Crippen LogP contribution in [0, 0.1) is 0 Å². The fraction of sp³-hybridized carbons (Fsp3) is 0.286. The van der Waals surface area contributed by atoms with Gasteiger partial charge < -0.3 is 15.6 Å². The quantitative estimate of drug-likeness (QED) is 0.436. The number of nitrogens with zero attached hydrogens (tertiary/aromatic N) is 2. The molecule has 5 rings (SSSR count). The second-order valence-electron chi connectivity index (χ2n) is 7.23. The summed E-state index contributed by atoms with van der Waals surface area (Å²) in [4.78, 5) is 12.9. The first kappa shape index (κ1) is 16.4. The van der Waals surface area contributed by atoms with Gasteiger partial charge in [-0.15, -0.1) is 0 Å². The van der Waals surface area contributed by atoms with Crippen LogP contribution in [0.25, 0.3) is 33.1 Å². The molecule has 0 atom stereocenters. The van der Waals surface area contributed by atoms with Crippen LogP contribution in [0.3, 0.4) is 0 Å². The maximum Gasteiger partial charge on any atom is 0.170 e. The molecule has 0 amide bonds. The van der Waals surface area contributed by atoms with E-state index in [4.69, 9.17) is 22.2 Å². The van der Waals surface area contributed by atoms with Gasteiger partial charge in [-0.25, -0.2) is 9.97 Å². The molecule has 0 radical (unpaired) electrons. The van der Waals surface area contributed by atoms with Crippen LogP contribution < -0.4 is 10.6 Å². The van der Waals surface area contributed by atoms with Crippen molar-refractivity contribution < 1.29 is 0 Å². The van der Waals surface area contributed by atoms with Crippen molar-refractivity contribution in [2.75, 3.05) is 5.32 Å². The normalized spacial score (nSPS) is 15.4. The molecular weight excluding hydrogens is 354 g/mol. The number of rotatable bonds is 2. The van der Waals surface area contributed by atoms with Crippen LogP contribution in [0.4, 0.5) is 5.69 Å². The minimum absolute atomic E-state index is 0.493. The van der Waals surface area contributed by atoms with Gasteiger partial charge in [0.15, 0.2) is 10.8 Å².